The molecule has 10 atom stereocenters. The SMILES string of the molecule is CC(=O)O[C@@H]1CC[C@@]2(C)[C@@H](CC=C3[C@@H]2CC[C@@]2(C)[C@H]([C@H](CO)CC(=O)C=C(C)C)[C@@H](O)C[C@]32C)[C@]1(C)C(=O)O. The van der Waals surface area contributed by atoms with Crippen molar-refractivity contribution in [2.75, 3.05) is 6.61 Å². The lowest BCUT2D eigenvalue weighted by Gasteiger charge is -2.64. The molecule has 3 N–H and O–H groups in total. The van der Waals surface area contributed by atoms with Gasteiger partial charge in [0.25, 0.3) is 0 Å². The second-order valence-corrected chi connectivity index (χ2v) is 14.2. The van der Waals surface area contributed by atoms with E-state index in [1.807, 2.05) is 13.8 Å². The minimum atomic E-state index is -1.19. The third-order valence-corrected chi connectivity index (χ3v) is 11.9. The molecule has 3 fully saturated rings. The number of carboxylic acids is 1. The highest BCUT2D eigenvalue weighted by Gasteiger charge is 2.69. The Labute approximate surface area is 233 Å². The van der Waals surface area contributed by atoms with Crippen molar-refractivity contribution in [1.82, 2.24) is 0 Å². The van der Waals surface area contributed by atoms with Crippen molar-refractivity contribution >= 4 is 17.7 Å². The number of aliphatic carboxylic acids is 1. The molecule has 0 bridgehead atoms. The summed E-state index contributed by atoms with van der Waals surface area (Å²) in [6.45, 7) is 13.4. The molecular formula is C32H48O7. The molecule has 0 aromatic heterocycles. The molecule has 3 saturated carbocycles. The van der Waals surface area contributed by atoms with Gasteiger partial charge < -0.3 is 20.1 Å². The predicted molar refractivity (Wildman–Crippen MR) is 148 cm³/mol. The van der Waals surface area contributed by atoms with Crippen LogP contribution < -0.4 is 0 Å². The first kappa shape index (κ1) is 30.0. The van der Waals surface area contributed by atoms with Crippen LogP contribution in [0.5, 0.6) is 0 Å². The second kappa shape index (κ2) is 10.1. The normalized spacial score (nSPS) is 43.7. The number of hydrogen-bond acceptors (Lipinski definition) is 6. The molecule has 0 aromatic rings. The van der Waals surface area contributed by atoms with E-state index in [-0.39, 0.29) is 58.7 Å². The van der Waals surface area contributed by atoms with Crippen LogP contribution in [0.15, 0.2) is 23.3 Å². The summed E-state index contributed by atoms with van der Waals surface area (Å²) in [5.74, 6) is -1.94. The average Bonchev–Trinajstić information content (AvgIpc) is 3.03. The topological polar surface area (TPSA) is 121 Å². The first-order chi connectivity index (χ1) is 18.1. The largest absolute Gasteiger partial charge is 0.481 e. The molecule has 218 valence electrons. The Hall–Kier alpha value is -1.99. The average molecular weight is 545 g/mol. The Balaban J connectivity index is 1.72. The summed E-state index contributed by atoms with van der Waals surface area (Å²) in [5.41, 5.74) is 0.133. The minimum Gasteiger partial charge on any atom is -0.481 e. The maximum absolute atomic E-state index is 12.8. The fourth-order valence-corrected chi connectivity index (χ4v) is 9.95. The molecule has 0 heterocycles. The zero-order valence-electron chi connectivity index (χ0n) is 24.8. The third kappa shape index (κ3) is 4.43. The Morgan fingerprint density at radius 3 is 2.33 bits per heavy atom. The number of allylic oxidation sites excluding steroid dienone is 4. The van der Waals surface area contributed by atoms with Gasteiger partial charge in [0, 0.05) is 20.0 Å². The van der Waals surface area contributed by atoms with Gasteiger partial charge in [0.15, 0.2) is 5.78 Å². The van der Waals surface area contributed by atoms with Crippen molar-refractivity contribution < 1.29 is 34.4 Å². The van der Waals surface area contributed by atoms with Crippen molar-refractivity contribution in [2.24, 2.45) is 45.3 Å². The summed E-state index contributed by atoms with van der Waals surface area (Å²) in [5, 5.41) is 32.4. The fourth-order valence-electron chi connectivity index (χ4n) is 9.95. The molecule has 0 aromatic carbocycles. The van der Waals surface area contributed by atoms with Crippen molar-refractivity contribution in [3.05, 3.63) is 23.3 Å². The van der Waals surface area contributed by atoms with Crippen LogP contribution in [0.25, 0.3) is 0 Å². The van der Waals surface area contributed by atoms with Gasteiger partial charge in [0.2, 0.25) is 0 Å². The van der Waals surface area contributed by atoms with Gasteiger partial charge in [-0.15, -0.1) is 0 Å². The van der Waals surface area contributed by atoms with Crippen LogP contribution in [0, 0.1) is 45.3 Å². The monoisotopic (exact) mass is 544 g/mol. The van der Waals surface area contributed by atoms with E-state index in [0.29, 0.717) is 19.3 Å². The zero-order valence-corrected chi connectivity index (χ0v) is 24.8. The van der Waals surface area contributed by atoms with Crippen LogP contribution in [0.1, 0.15) is 93.4 Å². The number of aliphatic hydroxyl groups is 2. The van der Waals surface area contributed by atoms with Gasteiger partial charge >= 0.3 is 11.9 Å². The highest BCUT2D eigenvalue weighted by atomic mass is 16.5. The number of carbonyl (C=O) groups is 3. The number of rotatable bonds is 7. The highest BCUT2D eigenvalue weighted by Crippen LogP contribution is 2.73. The molecule has 7 heteroatoms. The number of ketones is 1. The van der Waals surface area contributed by atoms with Crippen LogP contribution in [0.3, 0.4) is 0 Å². The van der Waals surface area contributed by atoms with Crippen molar-refractivity contribution in [2.45, 2.75) is 106 Å². The molecule has 4 aliphatic carbocycles. The van der Waals surface area contributed by atoms with Gasteiger partial charge in [0.1, 0.15) is 11.5 Å². The van der Waals surface area contributed by atoms with Crippen molar-refractivity contribution in [1.29, 1.82) is 0 Å². The summed E-state index contributed by atoms with van der Waals surface area (Å²) in [7, 11) is 0. The van der Waals surface area contributed by atoms with Crippen LogP contribution in [0.2, 0.25) is 0 Å². The van der Waals surface area contributed by atoms with Crippen molar-refractivity contribution in [3.63, 3.8) is 0 Å². The molecule has 0 spiro atoms. The molecule has 39 heavy (non-hydrogen) atoms. The summed E-state index contributed by atoms with van der Waals surface area (Å²) in [4.78, 5) is 37.3. The number of ether oxygens (including phenoxy) is 1. The summed E-state index contributed by atoms with van der Waals surface area (Å²) < 4.78 is 5.60. The van der Waals surface area contributed by atoms with E-state index in [0.717, 1.165) is 24.8 Å². The van der Waals surface area contributed by atoms with E-state index in [9.17, 15) is 29.7 Å². The van der Waals surface area contributed by atoms with Gasteiger partial charge in [-0.2, -0.15) is 0 Å². The number of carboxylic acid groups (broad SMARTS) is 1. The molecule has 0 unspecified atom stereocenters. The van der Waals surface area contributed by atoms with Gasteiger partial charge in [0.05, 0.1) is 6.10 Å². The minimum absolute atomic E-state index is 0.0168. The van der Waals surface area contributed by atoms with Gasteiger partial charge in [-0.25, -0.2) is 0 Å². The number of hydrogen-bond donors (Lipinski definition) is 3. The smallest absolute Gasteiger partial charge is 0.313 e. The Kier molecular flexibility index (Phi) is 7.79. The first-order valence-electron chi connectivity index (χ1n) is 14.6. The van der Waals surface area contributed by atoms with E-state index in [1.54, 1.807) is 13.0 Å². The highest BCUT2D eigenvalue weighted by molar-refractivity contribution is 5.90. The number of fused-ring (bicyclic) bond motifs is 5. The molecule has 4 aliphatic rings. The quantitative estimate of drug-likeness (QED) is 0.232. The maximum Gasteiger partial charge on any atom is 0.313 e. The van der Waals surface area contributed by atoms with Gasteiger partial charge in [-0.3, -0.25) is 14.4 Å². The van der Waals surface area contributed by atoms with Crippen LogP contribution in [-0.2, 0) is 19.1 Å². The predicted octanol–water partition coefficient (Wildman–Crippen LogP) is 5.09. The van der Waals surface area contributed by atoms with Crippen LogP contribution in [-0.4, -0.2) is 51.9 Å². The summed E-state index contributed by atoms with van der Waals surface area (Å²) in [6.07, 6.45) is 6.91. The van der Waals surface area contributed by atoms with E-state index < -0.39 is 29.6 Å². The third-order valence-electron chi connectivity index (χ3n) is 11.9. The van der Waals surface area contributed by atoms with Crippen LogP contribution >= 0.6 is 0 Å². The molecule has 4 rings (SSSR count). The van der Waals surface area contributed by atoms with E-state index >= 15 is 0 Å². The lowest BCUT2D eigenvalue weighted by atomic mass is 9.40. The standard InChI is InChI=1S/C32H48O7/c1-18(2)14-21(35)15-20(17-33)27-24(36)16-31(6)23-8-9-25-29(4,22(23)10-13-30(27,31)5)12-11-26(39-19(3)34)32(25,7)28(37)38/h8,14,20,22,24-27,33,36H,9-13,15-17H2,1-7H3,(H,37,38)/t20-,22-,24-,25+,26+,27+,29+,30-,31+,32-/m0/s1. The lowest BCUT2D eigenvalue weighted by molar-refractivity contribution is -0.195. The van der Waals surface area contributed by atoms with Gasteiger partial charge in [-0.05, 0) is 105 Å². The van der Waals surface area contributed by atoms with E-state index in [1.165, 1.54) is 12.5 Å². The van der Waals surface area contributed by atoms with E-state index in [4.69, 9.17) is 4.74 Å². The zero-order chi connectivity index (χ0) is 29.1. The number of aliphatic hydroxyl groups excluding tert-OH is 2. The number of esters is 1. The van der Waals surface area contributed by atoms with Crippen molar-refractivity contribution in [3.8, 4) is 0 Å². The summed E-state index contributed by atoms with van der Waals surface area (Å²) in [6, 6.07) is 0. The first-order valence-corrected chi connectivity index (χ1v) is 14.6. The second-order valence-electron chi connectivity index (χ2n) is 14.2. The lowest BCUT2D eigenvalue weighted by Crippen LogP contribution is -2.61. The molecular weight excluding hydrogens is 496 g/mol. The van der Waals surface area contributed by atoms with Crippen LogP contribution in [0.4, 0.5) is 0 Å². The Bertz CT molecular complexity index is 1090. The Morgan fingerprint density at radius 2 is 1.77 bits per heavy atom. The molecule has 0 aliphatic heterocycles. The molecule has 0 radical (unpaired) electrons. The molecule has 7 nitrogen and oxygen atoms in total. The maximum atomic E-state index is 12.8. The molecule has 0 saturated heterocycles. The molecule has 0 amide bonds. The fraction of sp³-hybridized carbons (Fsp3) is 0.781. The van der Waals surface area contributed by atoms with Gasteiger partial charge in [-0.1, -0.05) is 38.0 Å². The number of carbonyl (C=O) groups excluding carboxylic acids is 2. The summed E-state index contributed by atoms with van der Waals surface area (Å²) >= 11 is 0. The van der Waals surface area contributed by atoms with E-state index in [2.05, 4.69) is 26.8 Å². The Morgan fingerprint density at radius 1 is 1.10 bits per heavy atom.